The van der Waals surface area contributed by atoms with Crippen LogP contribution >= 0.6 is 0 Å². The summed E-state index contributed by atoms with van der Waals surface area (Å²) in [6, 6.07) is 0. The van der Waals surface area contributed by atoms with E-state index in [1.807, 2.05) is 0 Å². The van der Waals surface area contributed by atoms with E-state index in [0.717, 1.165) is 12.5 Å². The Morgan fingerprint density at radius 1 is 1.25 bits per heavy atom. The Balaban J connectivity index is 1.46. The minimum absolute atomic E-state index is 0.0423. The fraction of sp³-hybridized carbons (Fsp3) is 0.833. The number of hydrogen-bond donors (Lipinski definition) is 2. The smallest absolute Gasteiger partial charge is 0.307 e. The summed E-state index contributed by atoms with van der Waals surface area (Å²) >= 11 is 0. The number of amides is 1. The van der Waals surface area contributed by atoms with Gasteiger partial charge in [0.15, 0.2) is 0 Å². The first-order chi connectivity index (χ1) is 7.62. The van der Waals surface area contributed by atoms with Crippen molar-refractivity contribution in [3.8, 4) is 0 Å². The van der Waals surface area contributed by atoms with Crippen LogP contribution in [0.3, 0.4) is 0 Å². The van der Waals surface area contributed by atoms with Crippen LogP contribution in [-0.4, -0.2) is 23.5 Å². The molecule has 4 heteroatoms. The summed E-state index contributed by atoms with van der Waals surface area (Å²) in [6.45, 7) is 0.777. The molecule has 0 spiro atoms. The number of hydrogen-bond acceptors (Lipinski definition) is 2. The zero-order valence-corrected chi connectivity index (χ0v) is 9.24. The summed E-state index contributed by atoms with van der Waals surface area (Å²) < 4.78 is 0. The lowest BCUT2D eigenvalue weighted by molar-refractivity contribution is -0.140. The Labute approximate surface area is 94.4 Å². The van der Waals surface area contributed by atoms with Crippen molar-refractivity contribution in [2.45, 2.75) is 32.1 Å². The molecular formula is C12H17NO3. The van der Waals surface area contributed by atoms with Gasteiger partial charge in [0.05, 0.1) is 11.8 Å². The van der Waals surface area contributed by atoms with Crippen LogP contribution in [0.5, 0.6) is 0 Å². The van der Waals surface area contributed by atoms with Crippen LogP contribution in [0.2, 0.25) is 0 Å². The van der Waals surface area contributed by atoms with Crippen molar-refractivity contribution in [1.82, 2.24) is 5.32 Å². The summed E-state index contributed by atoms with van der Waals surface area (Å²) in [5.74, 6) is -0.714. The van der Waals surface area contributed by atoms with Gasteiger partial charge in [-0.15, -0.1) is 0 Å². The van der Waals surface area contributed by atoms with Crippen molar-refractivity contribution in [2.24, 2.45) is 23.2 Å². The first-order valence-corrected chi connectivity index (χ1v) is 6.13. The SMILES string of the molecule is O=C(O)C1CC1C(=O)NCC1(C2CC2)CC1. The summed E-state index contributed by atoms with van der Waals surface area (Å²) in [5.41, 5.74) is 0.406. The van der Waals surface area contributed by atoms with E-state index in [-0.39, 0.29) is 11.8 Å². The van der Waals surface area contributed by atoms with E-state index in [0.29, 0.717) is 11.8 Å². The lowest BCUT2D eigenvalue weighted by Gasteiger charge is -2.14. The molecule has 0 saturated heterocycles. The van der Waals surface area contributed by atoms with Crippen LogP contribution in [0.1, 0.15) is 32.1 Å². The van der Waals surface area contributed by atoms with Gasteiger partial charge in [0.25, 0.3) is 0 Å². The zero-order chi connectivity index (χ0) is 11.3. The van der Waals surface area contributed by atoms with E-state index < -0.39 is 11.9 Å². The van der Waals surface area contributed by atoms with E-state index in [2.05, 4.69) is 5.32 Å². The molecule has 3 aliphatic rings. The molecule has 0 bridgehead atoms. The molecule has 0 radical (unpaired) electrons. The predicted molar refractivity (Wildman–Crippen MR) is 56.6 cm³/mol. The van der Waals surface area contributed by atoms with Crippen molar-refractivity contribution in [2.75, 3.05) is 6.54 Å². The number of carbonyl (C=O) groups is 2. The molecule has 3 rings (SSSR count). The Kier molecular flexibility index (Phi) is 2.03. The van der Waals surface area contributed by atoms with Gasteiger partial charge in [-0.2, -0.15) is 0 Å². The molecule has 4 nitrogen and oxygen atoms in total. The van der Waals surface area contributed by atoms with Crippen molar-refractivity contribution < 1.29 is 14.7 Å². The molecule has 2 atom stereocenters. The van der Waals surface area contributed by atoms with Gasteiger partial charge < -0.3 is 10.4 Å². The maximum Gasteiger partial charge on any atom is 0.307 e. The molecule has 2 unspecified atom stereocenters. The molecule has 1 amide bonds. The van der Waals surface area contributed by atoms with E-state index in [1.165, 1.54) is 25.7 Å². The fourth-order valence-electron chi connectivity index (χ4n) is 2.74. The summed E-state index contributed by atoms with van der Waals surface area (Å²) in [7, 11) is 0. The molecule has 0 aromatic rings. The summed E-state index contributed by atoms with van der Waals surface area (Å²) in [6.07, 6.45) is 5.64. The highest BCUT2D eigenvalue weighted by Crippen LogP contribution is 2.60. The highest BCUT2D eigenvalue weighted by Gasteiger charge is 2.54. The fourth-order valence-corrected chi connectivity index (χ4v) is 2.74. The van der Waals surface area contributed by atoms with Crippen molar-refractivity contribution in [3.05, 3.63) is 0 Å². The van der Waals surface area contributed by atoms with E-state index in [9.17, 15) is 9.59 Å². The number of rotatable bonds is 5. The van der Waals surface area contributed by atoms with Crippen LogP contribution in [0, 0.1) is 23.2 Å². The van der Waals surface area contributed by atoms with Crippen molar-refractivity contribution in [1.29, 1.82) is 0 Å². The second-order valence-corrected chi connectivity index (χ2v) is 5.64. The Hall–Kier alpha value is -1.06. The largest absolute Gasteiger partial charge is 0.481 e. The third kappa shape index (κ3) is 1.70. The molecule has 0 aromatic carbocycles. The topological polar surface area (TPSA) is 66.4 Å². The molecule has 0 heterocycles. The van der Waals surface area contributed by atoms with E-state index in [1.54, 1.807) is 0 Å². The van der Waals surface area contributed by atoms with Crippen molar-refractivity contribution in [3.63, 3.8) is 0 Å². The zero-order valence-electron chi connectivity index (χ0n) is 9.24. The molecule has 3 aliphatic carbocycles. The van der Waals surface area contributed by atoms with Crippen LogP contribution in [0.15, 0.2) is 0 Å². The summed E-state index contributed by atoms with van der Waals surface area (Å²) in [4.78, 5) is 22.3. The predicted octanol–water partition coefficient (Wildman–Crippen LogP) is 1.01. The number of nitrogens with one attached hydrogen (secondary N) is 1. The third-order valence-electron chi connectivity index (χ3n) is 4.39. The molecule has 2 N–H and O–H groups in total. The van der Waals surface area contributed by atoms with Gasteiger partial charge in [0.2, 0.25) is 5.91 Å². The lowest BCUT2D eigenvalue weighted by Crippen LogP contribution is -2.33. The normalized spacial score (nSPS) is 34.2. The second kappa shape index (κ2) is 3.22. The standard InChI is InChI=1S/C12H17NO3/c14-10(8-5-9(8)11(15)16)13-6-12(3-4-12)7-1-2-7/h7-9H,1-6H2,(H,13,14)(H,15,16). The molecule has 0 aliphatic heterocycles. The Morgan fingerprint density at radius 2 is 1.94 bits per heavy atom. The van der Waals surface area contributed by atoms with Crippen LogP contribution in [0.4, 0.5) is 0 Å². The quantitative estimate of drug-likeness (QED) is 0.731. The number of aliphatic carboxylic acids is 1. The van der Waals surface area contributed by atoms with Gasteiger partial charge in [-0.3, -0.25) is 9.59 Å². The average molecular weight is 223 g/mol. The molecular weight excluding hydrogens is 206 g/mol. The number of carbonyl (C=O) groups excluding carboxylic acids is 1. The molecule has 16 heavy (non-hydrogen) atoms. The van der Waals surface area contributed by atoms with Crippen LogP contribution < -0.4 is 5.32 Å². The lowest BCUT2D eigenvalue weighted by atomic mass is 10.0. The number of carboxylic acid groups (broad SMARTS) is 1. The molecule has 3 fully saturated rings. The van der Waals surface area contributed by atoms with Crippen LogP contribution in [0.25, 0.3) is 0 Å². The van der Waals surface area contributed by atoms with Gasteiger partial charge >= 0.3 is 5.97 Å². The minimum atomic E-state index is -0.830. The summed E-state index contributed by atoms with van der Waals surface area (Å²) in [5, 5.41) is 11.7. The molecule has 3 saturated carbocycles. The van der Waals surface area contributed by atoms with Gasteiger partial charge in [-0.25, -0.2) is 0 Å². The minimum Gasteiger partial charge on any atom is -0.481 e. The number of carboxylic acids is 1. The molecule has 0 aromatic heterocycles. The Bertz CT molecular complexity index is 344. The highest BCUT2D eigenvalue weighted by atomic mass is 16.4. The molecule has 88 valence electrons. The van der Waals surface area contributed by atoms with Gasteiger partial charge in [0, 0.05) is 6.54 Å². The van der Waals surface area contributed by atoms with Gasteiger partial charge in [-0.05, 0) is 43.4 Å². The van der Waals surface area contributed by atoms with Gasteiger partial charge in [0.1, 0.15) is 0 Å². The third-order valence-corrected chi connectivity index (χ3v) is 4.39. The van der Waals surface area contributed by atoms with Crippen molar-refractivity contribution >= 4 is 11.9 Å². The van der Waals surface area contributed by atoms with Gasteiger partial charge in [-0.1, -0.05) is 0 Å². The first kappa shape index (κ1) is 10.1. The maximum atomic E-state index is 11.7. The van der Waals surface area contributed by atoms with Crippen LogP contribution in [-0.2, 0) is 9.59 Å². The average Bonchev–Trinajstić information content (AvgIpc) is 3.16. The Morgan fingerprint density at radius 3 is 2.38 bits per heavy atom. The first-order valence-electron chi connectivity index (χ1n) is 6.13. The second-order valence-electron chi connectivity index (χ2n) is 5.64. The van der Waals surface area contributed by atoms with E-state index in [4.69, 9.17) is 5.11 Å². The van der Waals surface area contributed by atoms with E-state index >= 15 is 0 Å². The monoisotopic (exact) mass is 223 g/mol. The highest BCUT2D eigenvalue weighted by molar-refractivity contribution is 5.89. The maximum absolute atomic E-state index is 11.7.